The predicted molar refractivity (Wildman–Crippen MR) is 121 cm³/mol. The molecule has 1 aromatic carbocycles. The number of nitrogens with one attached hydrogen (secondary N) is 2. The number of carbonyl (C=O) groups excluding carboxylic acids is 1. The van der Waals surface area contributed by atoms with Crippen LogP contribution < -0.4 is 15.5 Å². The standard InChI is InChI=1S/C23H24FN7O/c1-30-9-6-15-12-16(2-4-18(15)22(30)32)21-19(24)14-27-23(29-21)28-20-5-3-17(13-26-20)31-10-7-25-8-11-31/h2-5,12-14,25H,6-11H2,1H3,(H,26,27,28,29). The molecule has 0 bridgehead atoms. The molecule has 0 saturated carbocycles. The zero-order chi connectivity index (χ0) is 22.1. The molecule has 1 fully saturated rings. The van der Waals surface area contributed by atoms with E-state index in [1.807, 2.05) is 24.4 Å². The summed E-state index contributed by atoms with van der Waals surface area (Å²) in [7, 11) is 1.78. The number of anilines is 3. The van der Waals surface area contributed by atoms with Gasteiger partial charge in [0.15, 0.2) is 5.82 Å². The number of likely N-dealkylation sites (N-methyl/N-ethyl adjacent to an activating group) is 1. The number of amides is 1. The van der Waals surface area contributed by atoms with Crippen molar-refractivity contribution in [1.29, 1.82) is 0 Å². The zero-order valence-electron chi connectivity index (χ0n) is 17.8. The van der Waals surface area contributed by atoms with Crippen molar-refractivity contribution >= 4 is 23.4 Å². The summed E-state index contributed by atoms with van der Waals surface area (Å²) in [5, 5.41) is 6.39. The number of halogens is 1. The van der Waals surface area contributed by atoms with E-state index < -0.39 is 5.82 Å². The number of aromatic nitrogens is 3. The third kappa shape index (κ3) is 3.99. The lowest BCUT2D eigenvalue weighted by Gasteiger charge is -2.29. The van der Waals surface area contributed by atoms with Crippen LogP contribution in [0.15, 0.2) is 42.7 Å². The molecule has 0 aliphatic carbocycles. The number of hydrogen-bond acceptors (Lipinski definition) is 7. The van der Waals surface area contributed by atoms with E-state index in [1.165, 1.54) is 0 Å². The maximum absolute atomic E-state index is 14.6. The Morgan fingerprint density at radius 3 is 2.69 bits per heavy atom. The van der Waals surface area contributed by atoms with Gasteiger partial charge in [-0.2, -0.15) is 0 Å². The van der Waals surface area contributed by atoms with Gasteiger partial charge in [-0.1, -0.05) is 6.07 Å². The summed E-state index contributed by atoms with van der Waals surface area (Å²) in [6.45, 7) is 4.45. The molecule has 164 valence electrons. The van der Waals surface area contributed by atoms with Crippen LogP contribution in [0.5, 0.6) is 0 Å². The molecule has 0 spiro atoms. The smallest absolute Gasteiger partial charge is 0.253 e. The van der Waals surface area contributed by atoms with Crippen molar-refractivity contribution in [1.82, 2.24) is 25.2 Å². The Morgan fingerprint density at radius 1 is 1.06 bits per heavy atom. The van der Waals surface area contributed by atoms with E-state index in [4.69, 9.17) is 0 Å². The Bertz CT molecular complexity index is 1150. The monoisotopic (exact) mass is 433 g/mol. The second kappa shape index (κ2) is 8.51. The average Bonchev–Trinajstić information content (AvgIpc) is 2.83. The molecule has 4 heterocycles. The first-order valence-corrected chi connectivity index (χ1v) is 10.7. The van der Waals surface area contributed by atoms with Gasteiger partial charge >= 0.3 is 0 Å². The van der Waals surface area contributed by atoms with E-state index >= 15 is 0 Å². The minimum Gasteiger partial charge on any atom is -0.368 e. The molecule has 3 aromatic rings. The van der Waals surface area contributed by atoms with Crippen LogP contribution in [-0.2, 0) is 6.42 Å². The molecule has 2 aliphatic rings. The highest BCUT2D eigenvalue weighted by Crippen LogP contribution is 2.27. The van der Waals surface area contributed by atoms with Crippen LogP contribution in [0.2, 0.25) is 0 Å². The third-order valence-electron chi connectivity index (χ3n) is 5.89. The fourth-order valence-electron chi connectivity index (χ4n) is 4.07. The number of piperazine rings is 1. The Hall–Kier alpha value is -3.59. The number of rotatable bonds is 4. The van der Waals surface area contributed by atoms with Crippen molar-refractivity contribution in [2.45, 2.75) is 6.42 Å². The van der Waals surface area contributed by atoms with Gasteiger partial charge in [-0.15, -0.1) is 0 Å². The molecule has 0 unspecified atom stereocenters. The molecule has 5 rings (SSSR count). The largest absolute Gasteiger partial charge is 0.368 e. The van der Waals surface area contributed by atoms with Gasteiger partial charge in [0.2, 0.25) is 5.95 Å². The maximum atomic E-state index is 14.6. The first-order chi connectivity index (χ1) is 15.6. The average molecular weight is 433 g/mol. The van der Waals surface area contributed by atoms with Gasteiger partial charge in [0.05, 0.1) is 18.1 Å². The molecule has 1 amide bonds. The lowest BCUT2D eigenvalue weighted by atomic mass is 9.96. The topological polar surface area (TPSA) is 86.3 Å². The molecule has 2 aliphatic heterocycles. The van der Waals surface area contributed by atoms with Crippen molar-refractivity contribution in [2.75, 3.05) is 50.0 Å². The highest BCUT2D eigenvalue weighted by atomic mass is 19.1. The summed E-state index contributed by atoms with van der Waals surface area (Å²) < 4.78 is 14.6. The number of hydrogen-bond donors (Lipinski definition) is 2. The molecule has 2 aromatic heterocycles. The number of pyridine rings is 1. The van der Waals surface area contributed by atoms with Crippen LogP contribution in [0, 0.1) is 5.82 Å². The number of benzene rings is 1. The lowest BCUT2D eigenvalue weighted by Crippen LogP contribution is -2.43. The fourth-order valence-corrected chi connectivity index (χ4v) is 4.07. The Kier molecular flexibility index (Phi) is 5.40. The Balaban J connectivity index is 1.37. The summed E-state index contributed by atoms with van der Waals surface area (Å²) in [6, 6.07) is 9.18. The van der Waals surface area contributed by atoms with Crippen molar-refractivity contribution in [3.63, 3.8) is 0 Å². The van der Waals surface area contributed by atoms with Crippen molar-refractivity contribution in [3.8, 4) is 11.3 Å². The first kappa shape index (κ1) is 20.3. The van der Waals surface area contributed by atoms with Gasteiger partial charge in [0, 0.05) is 50.9 Å². The maximum Gasteiger partial charge on any atom is 0.253 e. The van der Waals surface area contributed by atoms with E-state index in [9.17, 15) is 9.18 Å². The fraction of sp³-hybridized carbons (Fsp3) is 0.304. The van der Waals surface area contributed by atoms with Gasteiger partial charge in [-0.3, -0.25) is 4.79 Å². The van der Waals surface area contributed by atoms with Gasteiger partial charge in [0.1, 0.15) is 11.5 Å². The quantitative estimate of drug-likeness (QED) is 0.654. The molecule has 9 heteroatoms. The van der Waals surface area contributed by atoms with E-state index in [0.717, 1.165) is 50.0 Å². The van der Waals surface area contributed by atoms with E-state index in [2.05, 4.69) is 30.5 Å². The summed E-state index contributed by atoms with van der Waals surface area (Å²) in [5.41, 5.74) is 3.43. The molecule has 8 nitrogen and oxygen atoms in total. The number of fused-ring (bicyclic) bond motifs is 1. The molecule has 32 heavy (non-hydrogen) atoms. The van der Waals surface area contributed by atoms with Crippen LogP contribution in [0.3, 0.4) is 0 Å². The molecular formula is C23H24FN7O. The Labute approximate surface area is 185 Å². The van der Waals surface area contributed by atoms with Gasteiger partial charge in [-0.05, 0) is 36.2 Å². The van der Waals surface area contributed by atoms with E-state index in [0.29, 0.717) is 23.5 Å². The number of carbonyl (C=O) groups is 1. The van der Waals surface area contributed by atoms with Crippen LogP contribution in [-0.4, -0.2) is 65.5 Å². The van der Waals surface area contributed by atoms with Crippen LogP contribution in [0.1, 0.15) is 15.9 Å². The highest BCUT2D eigenvalue weighted by Gasteiger charge is 2.22. The highest BCUT2D eigenvalue weighted by molar-refractivity contribution is 5.97. The van der Waals surface area contributed by atoms with E-state index in [1.54, 1.807) is 24.1 Å². The minimum atomic E-state index is -0.517. The summed E-state index contributed by atoms with van der Waals surface area (Å²) in [5.74, 6) is 0.313. The normalized spacial score (nSPS) is 16.1. The summed E-state index contributed by atoms with van der Waals surface area (Å²) >= 11 is 0. The van der Waals surface area contributed by atoms with Crippen molar-refractivity contribution in [2.24, 2.45) is 0 Å². The van der Waals surface area contributed by atoms with Gasteiger partial charge < -0.3 is 20.4 Å². The third-order valence-corrected chi connectivity index (χ3v) is 5.89. The molecule has 0 atom stereocenters. The SMILES string of the molecule is CN1CCc2cc(-c3nc(Nc4ccc(N5CCNCC5)cn4)ncc3F)ccc2C1=O. The molecule has 1 saturated heterocycles. The van der Waals surface area contributed by atoms with Crippen LogP contribution >= 0.6 is 0 Å². The van der Waals surface area contributed by atoms with Crippen LogP contribution in [0.4, 0.5) is 21.8 Å². The number of nitrogens with zero attached hydrogens (tertiary/aromatic N) is 5. The Morgan fingerprint density at radius 2 is 1.91 bits per heavy atom. The van der Waals surface area contributed by atoms with Gasteiger partial charge in [0.25, 0.3) is 5.91 Å². The van der Waals surface area contributed by atoms with Gasteiger partial charge in [-0.25, -0.2) is 19.3 Å². The van der Waals surface area contributed by atoms with E-state index in [-0.39, 0.29) is 17.5 Å². The zero-order valence-corrected chi connectivity index (χ0v) is 17.8. The lowest BCUT2D eigenvalue weighted by molar-refractivity contribution is 0.0781. The molecular weight excluding hydrogens is 409 g/mol. The summed E-state index contributed by atoms with van der Waals surface area (Å²) in [6.07, 6.45) is 3.69. The first-order valence-electron chi connectivity index (χ1n) is 10.7. The molecule has 2 N–H and O–H groups in total. The van der Waals surface area contributed by atoms with Crippen LogP contribution in [0.25, 0.3) is 11.3 Å². The second-order valence-corrected chi connectivity index (χ2v) is 8.00. The minimum absolute atomic E-state index is 0.0151. The summed E-state index contributed by atoms with van der Waals surface area (Å²) in [4.78, 5) is 29.2. The van der Waals surface area contributed by atoms with Crippen molar-refractivity contribution < 1.29 is 9.18 Å². The molecule has 0 radical (unpaired) electrons. The van der Waals surface area contributed by atoms with Crippen molar-refractivity contribution in [3.05, 3.63) is 59.7 Å². The second-order valence-electron chi connectivity index (χ2n) is 8.00. The predicted octanol–water partition coefficient (Wildman–Crippen LogP) is 2.46.